The standard InChI is InChI=1S/C15H9Cl2N3O4/c16-9-2-1-7(5-10(9)17)18-11-3-4-13(20(23)24)14-8(11)6-12(19-14)15(21)22/h1-6,18-19H,(H,21,22). The Hall–Kier alpha value is -2.77. The summed E-state index contributed by atoms with van der Waals surface area (Å²) in [5.41, 5.74) is 0.881. The Balaban J connectivity index is 2.13. The van der Waals surface area contributed by atoms with Crippen LogP contribution >= 0.6 is 23.2 Å². The predicted octanol–water partition coefficient (Wildman–Crippen LogP) is 4.82. The summed E-state index contributed by atoms with van der Waals surface area (Å²) < 4.78 is 0. The van der Waals surface area contributed by atoms with Crippen molar-refractivity contribution in [1.82, 2.24) is 4.98 Å². The molecule has 0 spiro atoms. The summed E-state index contributed by atoms with van der Waals surface area (Å²) in [4.78, 5) is 24.3. The first-order chi connectivity index (χ1) is 11.4. The molecule has 1 heterocycles. The second kappa shape index (κ2) is 6.03. The van der Waals surface area contributed by atoms with Crippen LogP contribution in [0.4, 0.5) is 17.1 Å². The number of rotatable bonds is 4. The Labute approximate surface area is 145 Å². The van der Waals surface area contributed by atoms with E-state index in [1.54, 1.807) is 18.2 Å². The average Bonchev–Trinajstić information content (AvgIpc) is 2.96. The molecular weight excluding hydrogens is 357 g/mol. The highest BCUT2D eigenvalue weighted by molar-refractivity contribution is 6.42. The number of aromatic nitrogens is 1. The maximum atomic E-state index is 11.1. The summed E-state index contributed by atoms with van der Waals surface area (Å²) in [7, 11) is 0. The normalized spacial score (nSPS) is 10.8. The van der Waals surface area contributed by atoms with E-state index < -0.39 is 10.9 Å². The van der Waals surface area contributed by atoms with Crippen LogP contribution in [0.5, 0.6) is 0 Å². The fraction of sp³-hybridized carbons (Fsp3) is 0. The number of halogens is 2. The van der Waals surface area contributed by atoms with E-state index in [4.69, 9.17) is 28.3 Å². The fourth-order valence-electron chi connectivity index (χ4n) is 2.31. The second-order valence-corrected chi connectivity index (χ2v) is 5.73. The number of nitro benzene ring substituents is 1. The molecule has 2 aromatic carbocycles. The lowest BCUT2D eigenvalue weighted by atomic mass is 10.1. The van der Waals surface area contributed by atoms with Gasteiger partial charge in [-0.1, -0.05) is 23.2 Å². The molecule has 0 unspecified atom stereocenters. The van der Waals surface area contributed by atoms with Crippen molar-refractivity contribution >= 4 is 57.1 Å². The molecular formula is C15H9Cl2N3O4. The Morgan fingerprint density at radius 3 is 2.54 bits per heavy atom. The van der Waals surface area contributed by atoms with Gasteiger partial charge < -0.3 is 15.4 Å². The van der Waals surface area contributed by atoms with Crippen molar-refractivity contribution in [2.75, 3.05) is 5.32 Å². The van der Waals surface area contributed by atoms with Crippen molar-refractivity contribution in [1.29, 1.82) is 0 Å². The topological polar surface area (TPSA) is 108 Å². The molecule has 3 aromatic rings. The third kappa shape index (κ3) is 2.86. The van der Waals surface area contributed by atoms with E-state index in [1.807, 2.05) is 0 Å². The molecule has 0 saturated heterocycles. The van der Waals surface area contributed by atoms with E-state index in [0.29, 0.717) is 26.8 Å². The lowest BCUT2D eigenvalue weighted by Gasteiger charge is -2.09. The van der Waals surface area contributed by atoms with Crippen LogP contribution in [0.2, 0.25) is 10.0 Å². The van der Waals surface area contributed by atoms with Crippen molar-refractivity contribution in [3.63, 3.8) is 0 Å². The van der Waals surface area contributed by atoms with E-state index in [0.717, 1.165) is 0 Å². The SMILES string of the molecule is O=C(O)c1cc2c(Nc3ccc(Cl)c(Cl)c3)ccc([N+](=O)[O-])c2[nH]1. The summed E-state index contributed by atoms with van der Waals surface area (Å²) in [6.45, 7) is 0. The van der Waals surface area contributed by atoms with E-state index in [1.165, 1.54) is 18.2 Å². The van der Waals surface area contributed by atoms with Gasteiger partial charge in [-0.05, 0) is 30.3 Å². The Morgan fingerprint density at radius 2 is 1.92 bits per heavy atom. The second-order valence-electron chi connectivity index (χ2n) is 4.92. The highest BCUT2D eigenvalue weighted by Gasteiger charge is 2.19. The first kappa shape index (κ1) is 16.1. The minimum Gasteiger partial charge on any atom is -0.477 e. The molecule has 24 heavy (non-hydrogen) atoms. The minimum atomic E-state index is -1.21. The van der Waals surface area contributed by atoms with Gasteiger partial charge in [0.1, 0.15) is 11.2 Å². The molecule has 0 aliphatic rings. The number of hydrogen-bond donors (Lipinski definition) is 3. The summed E-state index contributed by atoms with van der Waals surface area (Å²) in [6, 6.07) is 9.03. The third-order valence-electron chi connectivity index (χ3n) is 3.40. The smallest absolute Gasteiger partial charge is 0.352 e. The number of benzene rings is 2. The largest absolute Gasteiger partial charge is 0.477 e. The van der Waals surface area contributed by atoms with Crippen LogP contribution in [0.25, 0.3) is 10.9 Å². The maximum Gasteiger partial charge on any atom is 0.352 e. The molecule has 7 nitrogen and oxygen atoms in total. The van der Waals surface area contributed by atoms with Crippen molar-refractivity contribution in [2.24, 2.45) is 0 Å². The van der Waals surface area contributed by atoms with Gasteiger partial charge in [-0.25, -0.2) is 4.79 Å². The molecule has 3 rings (SSSR count). The van der Waals surface area contributed by atoms with Crippen molar-refractivity contribution in [2.45, 2.75) is 0 Å². The first-order valence-electron chi connectivity index (χ1n) is 6.62. The number of carboxylic acid groups (broad SMARTS) is 1. The van der Waals surface area contributed by atoms with Crippen LogP contribution in [0, 0.1) is 10.1 Å². The third-order valence-corrected chi connectivity index (χ3v) is 4.14. The van der Waals surface area contributed by atoms with Crippen molar-refractivity contribution in [3.8, 4) is 0 Å². The zero-order valence-electron chi connectivity index (χ0n) is 11.8. The highest BCUT2D eigenvalue weighted by atomic mass is 35.5. The van der Waals surface area contributed by atoms with Gasteiger partial charge in [-0.2, -0.15) is 0 Å². The van der Waals surface area contributed by atoms with E-state index in [9.17, 15) is 14.9 Å². The van der Waals surface area contributed by atoms with Gasteiger partial charge in [-0.3, -0.25) is 10.1 Å². The molecule has 1 aromatic heterocycles. The molecule has 0 aliphatic carbocycles. The zero-order chi connectivity index (χ0) is 17.4. The number of nitrogens with one attached hydrogen (secondary N) is 2. The number of non-ortho nitro benzene ring substituents is 1. The summed E-state index contributed by atoms with van der Waals surface area (Å²) in [5, 5.41) is 24.4. The summed E-state index contributed by atoms with van der Waals surface area (Å²) >= 11 is 11.8. The van der Waals surface area contributed by atoms with E-state index in [-0.39, 0.29) is 16.9 Å². The average molecular weight is 366 g/mol. The van der Waals surface area contributed by atoms with Crippen LogP contribution in [-0.4, -0.2) is 21.0 Å². The molecule has 0 aliphatic heterocycles. The van der Waals surface area contributed by atoms with E-state index in [2.05, 4.69) is 10.3 Å². The van der Waals surface area contributed by atoms with Crippen LogP contribution in [0.3, 0.4) is 0 Å². The van der Waals surface area contributed by atoms with Crippen LogP contribution in [0.1, 0.15) is 10.5 Å². The van der Waals surface area contributed by atoms with Gasteiger partial charge in [-0.15, -0.1) is 0 Å². The number of H-pyrrole nitrogens is 1. The number of carbonyl (C=O) groups is 1. The first-order valence-corrected chi connectivity index (χ1v) is 7.38. The number of hydrogen-bond acceptors (Lipinski definition) is 4. The van der Waals surface area contributed by atoms with Crippen molar-refractivity contribution < 1.29 is 14.8 Å². The molecule has 0 atom stereocenters. The van der Waals surface area contributed by atoms with Crippen LogP contribution < -0.4 is 5.32 Å². The molecule has 0 bridgehead atoms. The van der Waals surface area contributed by atoms with E-state index >= 15 is 0 Å². The number of fused-ring (bicyclic) bond motifs is 1. The monoisotopic (exact) mass is 365 g/mol. The van der Waals surface area contributed by atoms with Gasteiger partial charge in [0.25, 0.3) is 5.69 Å². The Kier molecular flexibility index (Phi) is 4.04. The quantitative estimate of drug-likeness (QED) is 0.453. The molecule has 0 amide bonds. The summed E-state index contributed by atoms with van der Waals surface area (Å²) in [6.07, 6.45) is 0. The summed E-state index contributed by atoms with van der Waals surface area (Å²) in [5.74, 6) is -1.21. The number of nitro groups is 1. The van der Waals surface area contributed by atoms with Crippen LogP contribution in [-0.2, 0) is 0 Å². The molecule has 9 heteroatoms. The molecule has 0 saturated carbocycles. The number of nitrogens with zero attached hydrogens (tertiary/aromatic N) is 1. The lowest BCUT2D eigenvalue weighted by Crippen LogP contribution is -1.95. The van der Waals surface area contributed by atoms with Gasteiger partial charge in [0.15, 0.2) is 0 Å². The van der Waals surface area contributed by atoms with Gasteiger partial charge in [0.2, 0.25) is 0 Å². The predicted molar refractivity (Wildman–Crippen MR) is 91.7 cm³/mol. The Bertz CT molecular complexity index is 984. The van der Waals surface area contributed by atoms with Gasteiger partial charge in [0.05, 0.1) is 15.0 Å². The maximum absolute atomic E-state index is 11.1. The molecule has 0 radical (unpaired) electrons. The molecule has 122 valence electrons. The van der Waals surface area contributed by atoms with Gasteiger partial charge >= 0.3 is 5.97 Å². The molecule has 0 fully saturated rings. The fourth-order valence-corrected chi connectivity index (χ4v) is 2.61. The minimum absolute atomic E-state index is 0.127. The number of aromatic amines is 1. The number of aromatic carboxylic acids is 1. The number of anilines is 2. The zero-order valence-corrected chi connectivity index (χ0v) is 13.4. The highest BCUT2D eigenvalue weighted by Crippen LogP contribution is 2.34. The molecule has 3 N–H and O–H groups in total. The number of carboxylic acids is 1. The van der Waals surface area contributed by atoms with Crippen LogP contribution in [0.15, 0.2) is 36.4 Å². The van der Waals surface area contributed by atoms with Crippen molar-refractivity contribution in [3.05, 3.63) is 62.3 Å². The van der Waals surface area contributed by atoms with Gasteiger partial charge in [0, 0.05) is 22.8 Å². The Morgan fingerprint density at radius 1 is 1.17 bits per heavy atom. The lowest BCUT2D eigenvalue weighted by molar-refractivity contribution is -0.383.